The Bertz CT molecular complexity index is 797. The normalized spacial score (nSPS) is 26.9. The van der Waals surface area contributed by atoms with Gasteiger partial charge in [0.05, 0.1) is 17.7 Å². The number of benzene rings is 1. The van der Waals surface area contributed by atoms with Gasteiger partial charge in [-0.05, 0) is 68.7 Å². The summed E-state index contributed by atoms with van der Waals surface area (Å²) in [4.78, 5) is 17.6. The molecule has 2 heterocycles. The van der Waals surface area contributed by atoms with E-state index in [1.165, 1.54) is 44.9 Å². The Balaban J connectivity index is 1.19. The van der Waals surface area contributed by atoms with E-state index < -0.39 is 0 Å². The molecule has 0 N–H and O–H groups in total. The van der Waals surface area contributed by atoms with Gasteiger partial charge in [-0.2, -0.15) is 5.26 Å². The zero-order valence-corrected chi connectivity index (χ0v) is 17.9. The molecule has 5 rings (SSSR count). The number of nitriles is 1. The molecule has 0 aromatic heterocycles. The first-order valence-electron chi connectivity index (χ1n) is 11.9. The maximum atomic E-state index is 12.9. The fraction of sp³-hybridized carbons (Fsp3) is 0.680. The summed E-state index contributed by atoms with van der Waals surface area (Å²) in [5.41, 5.74) is 1.56. The van der Waals surface area contributed by atoms with Crippen LogP contribution in [0.2, 0.25) is 0 Å². The fourth-order valence-corrected chi connectivity index (χ4v) is 5.88. The summed E-state index contributed by atoms with van der Waals surface area (Å²) in [6.45, 7) is 3.70. The molecule has 1 amide bonds. The van der Waals surface area contributed by atoms with Gasteiger partial charge in [0.2, 0.25) is 0 Å². The van der Waals surface area contributed by atoms with Crippen LogP contribution in [-0.2, 0) is 4.74 Å². The summed E-state index contributed by atoms with van der Waals surface area (Å²) in [6.07, 6.45) is 11.8. The van der Waals surface area contributed by atoms with E-state index >= 15 is 0 Å². The molecule has 5 nitrogen and oxygen atoms in total. The molecule has 2 saturated heterocycles. The molecule has 1 aromatic rings. The van der Waals surface area contributed by atoms with Crippen molar-refractivity contribution >= 4 is 5.91 Å². The largest absolute Gasteiger partial charge is 0.375 e. The third-order valence-corrected chi connectivity index (χ3v) is 7.94. The van der Waals surface area contributed by atoms with Crippen molar-refractivity contribution in [1.82, 2.24) is 9.80 Å². The molecule has 1 spiro atoms. The van der Waals surface area contributed by atoms with Crippen molar-refractivity contribution in [3.8, 4) is 6.07 Å². The summed E-state index contributed by atoms with van der Waals surface area (Å²) >= 11 is 0. The van der Waals surface area contributed by atoms with Gasteiger partial charge in [0, 0.05) is 43.4 Å². The molecular weight excluding hydrogens is 374 g/mol. The van der Waals surface area contributed by atoms with E-state index in [1.54, 1.807) is 24.3 Å². The molecule has 2 saturated carbocycles. The van der Waals surface area contributed by atoms with Crippen LogP contribution in [0.4, 0.5) is 0 Å². The zero-order valence-electron chi connectivity index (χ0n) is 17.9. The second-order valence-electron chi connectivity index (χ2n) is 9.79. The molecule has 0 radical (unpaired) electrons. The van der Waals surface area contributed by atoms with Gasteiger partial charge in [0.15, 0.2) is 0 Å². The number of hydrogen-bond donors (Lipinski definition) is 0. The molecule has 4 fully saturated rings. The minimum atomic E-state index is 0.0968. The summed E-state index contributed by atoms with van der Waals surface area (Å²) < 4.78 is 6.42. The van der Waals surface area contributed by atoms with Crippen LogP contribution in [0, 0.1) is 17.2 Å². The number of carbonyl (C=O) groups is 1. The molecule has 2 aliphatic carbocycles. The van der Waals surface area contributed by atoms with Crippen molar-refractivity contribution in [3.05, 3.63) is 35.4 Å². The van der Waals surface area contributed by atoms with E-state index in [2.05, 4.69) is 11.0 Å². The first-order chi connectivity index (χ1) is 14.7. The molecular formula is C25H33N3O2. The van der Waals surface area contributed by atoms with Gasteiger partial charge in [-0.15, -0.1) is 0 Å². The molecule has 5 heteroatoms. The SMILES string of the molecule is N#Cc1ccc(C(=O)N2CCC(N3CC(OCC4CC4)C34CCCCC4)CC2)cc1. The average molecular weight is 408 g/mol. The maximum absolute atomic E-state index is 12.9. The van der Waals surface area contributed by atoms with E-state index in [-0.39, 0.29) is 11.4 Å². The first-order valence-corrected chi connectivity index (χ1v) is 11.9. The quantitative estimate of drug-likeness (QED) is 0.741. The van der Waals surface area contributed by atoms with E-state index in [0.29, 0.717) is 23.3 Å². The zero-order chi connectivity index (χ0) is 20.6. The molecule has 1 atom stereocenters. The lowest BCUT2D eigenvalue weighted by Gasteiger charge is -2.63. The highest BCUT2D eigenvalue weighted by Crippen LogP contribution is 2.48. The number of piperidine rings is 1. The van der Waals surface area contributed by atoms with Crippen LogP contribution in [0.1, 0.15) is 73.7 Å². The lowest BCUT2D eigenvalue weighted by atomic mass is 9.69. The summed E-state index contributed by atoms with van der Waals surface area (Å²) in [5.74, 6) is 0.927. The van der Waals surface area contributed by atoms with Crippen LogP contribution in [-0.4, -0.2) is 59.6 Å². The van der Waals surface area contributed by atoms with Gasteiger partial charge in [-0.3, -0.25) is 9.69 Å². The van der Waals surface area contributed by atoms with Crippen LogP contribution >= 0.6 is 0 Å². The lowest BCUT2D eigenvalue weighted by Crippen LogP contribution is -2.75. The minimum Gasteiger partial charge on any atom is -0.375 e. The Labute approximate surface area is 180 Å². The monoisotopic (exact) mass is 407 g/mol. The van der Waals surface area contributed by atoms with E-state index in [1.807, 2.05) is 4.90 Å². The van der Waals surface area contributed by atoms with Crippen LogP contribution in [0.15, 0.2) is 24.3 Å². The van der Waals surface area contributed by atoms with Crippen LogP contribution in [0.5, 0.6) is 0 Å². The van der Waals surface area contributed by atoms with Crippen molar-refractivity contribution in [2.75, 3.05) is 26.2 Å². The summed E-state index contributed by atoms with van der Waals surface area (Å²) in [5, 5.41) is 8.95. The van der Waals surface area contributed by atoms with Crippen molar-refractivity contribution in [3.63, 3.8) is 0 Å². The third-order valence-electron chi connectivity index (χ3n) is 7.94. The smallest absolute Gasteiger partial charge is 0.253 e. The Morgan fingerprint density at radius 2 is 1.77 bits per heavy atom. The minimum absolute atomic E-state index is 0.0968. The Morgan fingerprint density at radius 1 is 1.07 bits per heavy atom. The molecule has 30 heavy (non-hydrogen) atoms. The highest BCUT2D eigenvalue weighted by Gasteiger charge is 2.56. The van der Waals surface area contributed by atoms with Gasteiger partial charge in [-0.1, -0.05) is 19.3 Å². The van der Waals surface area contributed by atoms with Crippen LogP contribution < -0.4 is 0 Å². The van der Waals surface area contributed by atoms with Gasteiger partial charge >= 0.3 is 0 Å². The first kappa shape index (κ1) is 20.0. The average Bonchev–Trinajstić information content (AvgIpc) is 3.63. The predicted octanol–water partition coefficient (Wildman–Crippen LogP) is 3.98. The number of amides is 1. The highest BCUT2D eigenvalue weighted by molar-refractivity contribution is 5.94. The number of nitrogens with zero attached hydrogens (tertiary/aromatic N) is 3. The molecule has 2 aliphatic heterocycles. The predicted molar refractivity (Wildman–Crippen MR) is 115 cm³/mol. The Kier molecular flexibility index (Phi) is 5.56. The topological polar surface area (TPSA) is 56.6 Å². The molecule has 1 unspecified atom stereocenters. The number of rotatable bonds is 5. The lowest BCUT2D eigenvalue weighted by molar-refractivity contribution is -0.202. The fourth-order valence-electron chi connectivity index (χ4n) is 5.88. The number of likely N-dealkylation sites (tertiary alicyclic amines) is 2. The van der Waals surface area contributed by atoms with Gasteiger partial charge < -0.3 is 9.64 Å². The molecule has 4 aliphatic rings. The number of ether oxygens (including phenoxy) is 1. The highest BCUT2D eigenvalue weighted by atomic mass is 16.5. The molecule has 160 valence electrons. The summed E-state index contributed by atoms with van der Waals surface area (Å²) in [6, 6.07) is 9.71. The van der Waals surface area contributed by atoms with Gasteiger partial charge in [0.1, 0.15) is 0 Å². The van der Waals surface area contributed by atoms with E-state index in [9.17, 15) is 4.79 Å². The van der Waals surface area contributed by atoms with Crippen molar-refractivity contribution < 1.29 is 9.53 Å². The number of hydrogen-bond acceptors (Lipinski definition) is 4. The third kappa shape index (κ3) is 3.76. The van der Waals surface area contributed by atoms with Crippen LogP contribution in [0.3, 0.4) is 0 Å². The van der Waals surface area contributed by atoms with E-state index in [4.69, 9.17) is 10.00 Å². The Hall–Kier alpha value is -1.90. The second-order valence-corrected chi connectivity index (χ2v) is 9.79. The maximum Gasteiger partial charge on any atom is 0.253 e. The van der Waals surface area contributed by atoms with Crippen molar-refractivity contribution in [1.29, 1.82) is 5.26 Å². The van der Waals surface area contributed by atoms with Crippen molar-refractivity contribution in [2.24, 2.45) is 5.92 Å². The van der Waals surface area contributed by atoms with Gasteiger partial charge in [-0.25, -0.2) is 0 Å². The molecule has 1 aromatic carbocycles. The standard InChI is InChI=1S/C25H33N3O2/c26-16-19-6-8-21(9-7-19)24(29)27-14-10-22(11-15-27)28-17-23(30-18-20-4-5-20)25(28)12-2-1-3-13-25/h6-9,20,22-23H,1-5,10-15,17-18H2. The summed E-state index contributed by atoms with van der Waals surface area (Å²) in [7, 11) is 0. The van der Waals surface area contributed by atoms with E-state index in [0.717, 1.165) is 45.0 Å². The van der Waals surface area contributed by atoms with Gasteiger partial charge in [0.25, 0.3) is 5.91 Å². The van der Waals surface area contributed by atoms with Crippen molar-refractivity contribution in [2.45, 2.75) is 75.5 Å². The Morgan fingerprint density at radius 3 is 2.40 bits per heavy atom. The number of carbonyl (C=O) groups excluding carboxylic acids is 1. The van der Waals surface area contributed by atoms with Crippen LogP contribution in [0.25, 0.3) is 0 Å². The second kappa shape index (κ2) is 8.32. The molecule has 0 bridgehead atoms.